The van der Waals surface area contributed by atoms with Crippen LogP contribution in [0.5, 0.6) is 23.0 Å². The Kier molecular flexibility index (Phi) is 7.95. The molecule has 5 atom stereocenters. The lowest BCUT2D eigenvalue weighted by atomic mass is 9.99. The van der Waals surface area contributed by atoms with Crippen LogP contribution in [0.4, 0.5) is 0 Å². The van der Waals surface area contributed by atoms with Gasteiger partial charge in [-0.25, -0.2) is 0 Å². The zero-order valence-corrected chi connectivity index (χ0v) is 21.0. The number of benzene rings is 2. The number of allylic oxidation sites excluding steroid dienone is 2. The zero-order valence-electron chi connectivity index (χ0n) is 21.0. The van der Waals surface area contributed by atoms with Gasteiger partial charge in [0, 0.05) is 17.7 Å². The molecule has 0 bridgehead atoms. The SMILES string of the molecule is COc1c(O)cc(-c2cc(=O)c3cc(CC=C(C)C)c(O[C@@H]4O[C@H](CO)[C@H](O)[C@H](O)[C@H]4O)cc3o2)cc1O. The summed E-state index contributed by atoms with van der Waals surface area (Å²) in [5, 5.41) is 60.7. The first-order chi connectivity index (χ1) is 18.0. The highest BCUT2D eigenvalue weighted by molar-refractivity contribution is 5.82. The van der Waals surface area contributed by atoms with Crippen LogP contribution in [0.2, 0.25) is 0 Å². The molecule has 1 saturated heterocycles. The molecular formula is C27H30O11. The number of methoxy groups -OCH3 is 1. The summed E-state index contributed by atoms with van der Waals surface area (Å²) in [4.78, 5) is 13.1. The smallest absolute Gasteiger partial charge is 0.229 e. The molecule has 11 heteroatoms. The quantitative estimate of drug-likeness (QED) is 0.244. The van der Waals surface area contributed by atoms with Gasteiger partial charge in [-0.3, -0.25) is 4.79 Å². The zero-order chi connectivity index (χ0) is 27.7. The van der Waals surface area contributed by atoms with Crippen LogP contribution in [0.25, 0.3) is 22.3 Å². The van der Waals surface area contributed by atoms with Crippen molar-refractivity contribution in [3.05, 3.63) is 57.8 Å². The maximum atomic E-state index is 13.1. The van der Waals surface area contributed by atoms with E-state index in [4.69, 9.17) is 18.6 Å². The van der Waals surface area contributed by atoms with Gasteiger partial charge in [-0.2, -0.15) is 0 Å². The maximum Gasteiger partial charge on any atom is 0.229 e. The van der Waals surface area contributed by atoms with Gasteiger partial charge in [0.15, 0.2) is 16.9 Å². The normalized spacial score (nSPS) is 23.3. The van der Waals surface area contributed by atoms with Crippen LogP contribution in [-0.4, -0.2) is 75.1 Å². The van der Waals surface area contributed by atoms with Gasteiger partial charge in [-0.1, -0.05) is 11.6 Å². The first-order valence-electron chi connectivity index (χ1n) is 11.9. The Morgan fingerprint density at radius 2 is 1.68 bits per heavy atom. The van der Waals surface area contributed by atoms with Gasteiger partial charge < -0.3 is 49.3 Å². The van der Waals surface area contributed by atoms with E-state index in [1.165, 1.54) is 31.4 Å². The molecule has 0 unspecified atom stereocenters. The lowest BCUT2D eigenvalue weighted by Crippen LogP contribution is -2.60. The monoisotopic (exact) mass is 530 g/mol. The second-order valence-electron chi connectivity index (χ2n) is 9.28. The average molecular weight is 531 g/mol. The van der Waals surface area contributed by atoms with Crippen molar-refractivity contribution in [1.82, 2.24) is 0 Å². The van der Waals surface area contributed by atoms with Gasteiger partial charge >= 0.3 is 0 Å². The fraction of sp³-hybridized carbons (Fsp3) is 0.370. The van der Waals surface area contributed by atoms with E-state index in [2.05, 4.69) is 0 Å². The summed E-state index contributed by atoms with van der Waals surface area (Å²) in [6.45, 7) is 3.19. The molecule has 0 radical (unpaired) electrons. The number of aliphatic hydroxyl groups excluding tert-OH is 4. The van der Waals surface area contributed by atoms with E-state index in [9.17, 15) is 35.4 Å². The standard InChI is InChI=1S/C27H30O11/c1-12(2)4-5-13-6-15-16(29)9-19(14-7-17(30)26(35-3)18(31)8-14)36-21(15)10-20(13)37-27-25(34)24(33)23(32)22(11-28)38-27/h4,6-10,22-25,27-28,30-34H,5,11H2,1-3H3/t22-,23+,24+,25-,27-/m1/s1. The molecule has 3 aromatic rings. The predicted molar refractivity (Wildman–Crippen MR) is 135 cm³/mol. The molecule has 4 rings (SSSR count). The number of ether oxygens (including phenoxy) is 3. The largest absolute Gasteiger partial charge is 0.504 e. The molecule has 11 nitrogen and oxygen atoms in total. The van der Waals surface area contributed by atoms with Gasteiger partial charge in [-0.15, -0.1) is 0 Å². The van der Waals surface area contributed by atoms with Crippen LogP contribution in [-0.2, 0) is 11.2 Å². The van der Waals surface area contributed by atoms with Crippen molar-refractivity contribution < 1.29 is 49.3 Å². The Labute approximate surface area is 217 Å². The van der Waals surface area contributed by atoms with Crippen molar-refractivity contribution in [2.24, 2.45) is 0 Å². The van der Waals surface area contributed by atoms with Crippen molar-refractivity contribution in [3.8, 4) is 34.3 Å². The molecule has 38 heavy (non-hydrogen) atoms. The third-order valence-corrected chi connectivity index (χ3v) is 6.27. The van der Waals surface area contributed by atoms with Gasteiger partial charge in [0.25, 0.3) is 0 Å². The molecule has 2 heterocycles. The van der Waals surface area contributed by atoms with Crippen LogP contribution in [0.15, 0.2) is 51.2 Å². The molecular weight excluding hydrogens is 500 g/mol. The number of fused-ring (bicyclic) bond motifs is 1. The van der Waals surface area contributed by atoms with E-state index in [-0.39, 0.29) is 45.3 Å². The summed E-state index contributed by atoms with van der Waals surface area (Å²) < 4.78 is 22.3. The molecule has 6 N–H and O–H groups in total. The van der Waals surface area contributed by atoms with Crippen LogP contribution in [0.3, 0.4) is 0 Å². The van der Waals surface area contributed by atoms with Crippen molar-refractivity contribution in [3.63, 3.8) is 0 Å². The summed E-state index contributed by atoms with van der Waals surface area (Å²) in [5.41, 5.74) is 1.47. The number of aromatic hydroxyl groups is 2. The molecule has 1 aliphatic heterocycles. The van der Waals surface area contributed by atoms with Crippen LogP contribution in [0.1, 0.15) is 19.4 Å². The van der Waals surface area contributed by atoms with Gasteiger partial charge in [0.1, 0.15) is 41.5 Å². The fourth-order valence-corrected chi connectivity index (χ4v) is 4.19. The summed E-state index contributed by atoms with van der Waals surface area (Å²) in [6, 6.07) is 6.78. The highest BCUT2D eigenvalue weighted by atomic mass is 16.7. The molecule has 0 saturated carbocycles. The molecule has 0 aliphatic carbocycles. The first-order valence-corrected chi connectivity index (χ1v) is 11.9. The minimum atomic E-state index is -1.64. The molecule has 1 fully saturated rings. The van der Waals surface area contributed by atoms with Gasteiger partial charge in [0.2, 0.25) is 12.0 Å². The van der Waals surface area contributed by atoms with E-state index in [1.807, 2.05) is 19.9 Å². The second-order valence-corrected chi connectivity index (χ2v) is 9.28. The molecule has 204 valence electrons. The third kappa shape index (κ3) is 5.33. The van der Waals surface area contributed by atoms with Crippen molar-refractivity contribution in [2.75, 3.05) is 13.7 Å². The van der Waals surface area contributed by atoms with E-state index >= 15 is 0 Å². The summed E-state index contributed by atoms with van der Waals surface area (Å²) in [7, 11) is 1.29. The molecule has 1 aromatic heterocycles. The van der Waals surface area contributed by atoms with Crippen LogP contribution < -0.4 is 14.9 Å². The van der Waals surface area contributed by atoms with Gasteiger partial charge in [0.05, 0.1) is 19.1 Å². The number of aliphatic hydroxyl groups is 4. The van der Waals surface area contributed by atoms with E-state index in [0.717, 1.165) is 5.57 Å². The number of phenols is 2. The molecule has 2 aromatic carbocycles. The Balaban J connectivity index is 1.81. The first kappa shape index (κ1) is 27.4. The van der Waals surface area contributed by atoms with Crippen LogP contribution in [0, 0.1) is 0 Å². The number of rotatable bonds is 7. The molecule has 0 amide bonds. The van der Waals surface area contributed by atoms with Crippen LogP contribution >= 0.6 is 0 Å². The minimum Gasteiger partial charge on any atom is -0.504 e. The Morgan fingerprint density at radius 1 is 1.00 bits per heavy atom. The second kappa shape index (κ2) is 11.0. The lowest BCUT2D eigenvalue weighted by molar-refractivity contribution is -0.277. The maximum absolute atomic E-state index is 13.1. The Morgan fingerprint density at radius 3 is 2.29 bits per heavy atom. The summed E-state index contributed by atoms with van der Waals surface area (Å²) in [6.07, 6.45) is -5.17. The average Bonchev–Trinajstić information content (AvgIpc) is 2.87. The topological polar surface area (TPSA) is 179 Å². The predicted octanol–water partition coefficient (Wildman–Crippen LogP) is 1.57. The molecule has 1 aliphatic rings. The number of hydrogen-bond donors (Lipinski definition) is 6. The van der Waals surface area contributed by atoms with E-state index < -0.39 is 42.7 Å². The van der Waals surface area contributed by atoms with Crippen molar-refractivity contribution in [2.45, 2.75) is 51.0 Å². The minimum absolute atomic E-state index is 0.0478. The number of hydrogen-bond acceptors (Lipinski definition) is 11. The molecule has 0 spiro atoms. The lowest BCUT2D eigenvalue weighted by Gasteiger charge is -2.39. The number of phenolic OH excluding ortho intramolecular Hbond substituents is 2. The van der Waals surface area contributed by atoms with Gasteiger partial charge in [-0.05, 0) is 44.0 Å². The fourth-order valence-electron chi connectivity index (χ4n) is 4.19. The van der Waals surface area contributed by atoms with E-state index in [0.29, 0.717) is 12.0 Å². The highest BCUT2D eigenvalue weighted by Gasteiger charge is 2.45. The van der Waals surface area contributed by atoms with Crippen molar-refractivity contribution >= 4 is 11.0 Å². The van der Waals surface area contributed by atoms with Crippen molar-refractivity contribution in [1.29, 1.82) is 0 Å². The Bertz CT molecular complexity index is 1380. The third-order valence-electron chi connectivity index (χ3n) is 6.27. The summed E-state index contributed by atoms with van der Waals surface area (Å²) in [5.74, 6) is -0.620. The summed E-state index contributed by atoms with van der Waals surface area (Å²) >= 11 is 0. The highest BCUT2D eigenvalue weighted by Crippen LogP contribution is 2.40. The Hall–Kier alpha value is -3.61. The van der Waals surface area contributed by atoms with E-state index in [1.54, 1.807) is 6.07 Å².